The van der Waals surface area contributed by atoms with E-state index in [2.05, 4.69) is 24.1 Å². The maximum Gasteiger partial charge on any atom is 0.239 e. The van der Waals surface area contributed by atoms with Gasteiger partial charge in [0.25, 0.3) is 0 Å². The quantitative estimate of drug-likeness (QED) is 0.743. The van der Waals surface area contributed by atoms with Crippen molar-refractivity contribution in [1.29, 1.82) is 0 Å². The van der Waals surface area contributed by atoms with E-state index in [1.165, 1.54) is 12.8 Å². The van der Waals surface area contributed by atoms with Gasteiger partial charge in [0.05, 0.1) is 0 Å². The number of likely N-dealkylation sites (N-methyl/N-ethyl adjacent to an activating group) is 1. The fourth-order valence-electron chi connectivity index (χ4n) is 3.15. The van der Waals surface area contributed by atoms with Crippen LogP contribution in [0.4, 0.5) is 0 Å². The molecule has 0 aromatic heterocycles. The number of hydrogen-bond acceptors (Lipinski definition) is 3. The summed E-state index contributed by atoms with van der Waals surface area (Å²) in [6.07, 6.45) is 4.67. The number of likely N-dealkylation sites (tertiary alicyclic amines) is 1. The van der Waals surface area contributed by atoms with E-state index in [0.29, 0.717) is 5.92 Å². The van der Waals surface area contributed by atoms with Gasteiger partial charge in [-0.2, -0.15) is 0 Å². The molecule has 4 nitrogen and oxygen atoms in total. The van der Waals surface area contributed by atoms with E-state index >= 15 is 0 Å². The number of amides is 1. The molecular weight excluding hydrogens is 214 g/mol. The normalized spacial score (nSPS) is 27.9. The van der Waals surface area contributed by atoms with Gasteiger partial charge in [0.2, 0.25) is 5.91 Å². The van der Waals surface area contributed by atoms with Gasteiger partial charge in [0.1, 0.15) is 5.54 Å². The third-order valence-electron chi connectivity index (χ3n) is 4.67. The van der Waals surface area contributed by atoms with Crippen molar-refractivity contribution in [2.24, 2.45) is 11.7 Å². The number of rotatable bonds is 5. The second-order valence-corrected chi connectivity index (χ2v) is 6.20. The Balaban J connectivity index is 2.15. The van der Waals surface area contributed by atoms with E-state index in [4.69, 9.17) is 5.73 Å². The van der Waals surface area contributed by atoms with Crippen molar-refractivity contribution < 1.29 is 4.79 Å². The molecule has 0 spiro atoms. The first-order valence-electron chi connectivity index (χ1n) is 6.66. The fraction of sp³-hybridized carbons (Fsp3) is 0.923. The smallest absolute Gasteiger partial charge is 0.239 e. The molecule has 1 amide bonds. The fourth-order valence-corrected chi connectivity index (χ4v) is 3.15. The zero-order valence-electron chi connectivity index (χ0n) is 11.3. The Bertz CT molecular complexity index is 312. The third-order valence-corrected chi connectivity index (χ3v) is 4.67. The van der Waals surface area contributed by atoms with Gasteiger partial charge in [-0.15, -0.1) is 0 Å². The van der Waals surface area contributed by atoms with Gasteiger partial charge in [0, 0.05) is 12.1 Å². The highest BCUT2D eigenvalue weighted by Crippen LogP contribution is 2.41. The lowest BCUT2D eigenvalue weighted by Gasteiger charge is -2.40. The van der Waals surface area contributed by atoms with E-state index in [1.807, 2.05) is 7.05 Å². The number of carbonyl (C=O) groups is 1. The molecule has 0 aromatic carbocycles. The van der Waals surface area contributed by atoms with Crippen LogP contribution in [0.5, 0.6) is 0 Å². The van der Waals surface area contributed by atoms with Crippen LogP contribution in [0.1, 0.15) is 39.5 Å². The maximum absolute atomic E-state index is 11.9. The summed E-state index contributed by atoms with van der Waals surface area (Å²) in [4.78, 5) is 14.3. The van der Waals surface area contributed by atoms with Crippen LogP contribution >= 0.6 is 0 Å². The Morgan fingerprint density at radius 2 is 2.18 bits per heavy atom. The van der Waals surface area contributed by atoms with Crippen molar-refractivity contribution in [3.8, 4) is 0 Å². The molecule has 1 saturated carbocycles. The summed E-state index contributed by atoms with van der Waals surface area (Å²) >= 11 is 0. The summed E-state index contributed by atoms with van der Waals surface area (Å²) in [5, 5.41) is 3.23. The Hall–Kier alpha value is -0.610. The molecule has 1 aliphatic heterocycles. The number of hydrogen-bond donors (Lipinski definition) is 2. The SMILES string of the molecule is CNC(CN1CCCC1(C)C)(C(N)=O)C1CC1. The minimum Gasteiger partial charge on any atom is -0.368 e. The van der Waals surface area contributed by atoms with Gasteiger partial charge in [-0.3, -0.25) is 9.69 Å². The number of primary amides is 1. The lowest BCUT2D eigenvalue weighted by molar-refractivity contribution is -0.126. The van der Waals surface area contributed by atoms with Crippen LogP contribution in [0.25, 0.3) is 0 Å². The first-order chi connectivity index (χ1) is 7.92. The van der Waals surface area contributed by atoms with Crippen LogP contribution < -0.4 is 11.1 Å². The topological polar surface area (TPSA) is 58.4 Å². The zero-order chi connectivity index (χ0) is 12.7. The van der Waals surface area contributed by atoms with Crippen molar-refractivity contribution >= 4 is 5.91 Å². The highest BCUT2D eigenvalue weighted by atomic mass is 16.1. The summed E-state index contributed by atoms with van der Waals surface area (Å²) in [5.74, 6) is 0.242. The highest BCUT2D eigenvalue weighted by Gasteiger charge is 2.51. The van der Waals surface area contributed by atoms with Gasteiger partial charge in [-0.1, -0.05) is 0 Å². The molecule has 1 saturated heterocycles. The number of nitrogens with one attached hydrogen (secondary N) is 1. The minimum absolute atomic E-state index is 0.190. The summed E-state index contributed by atoms with van der Waals surface area (Å²) in [6.45, 7) is 6.36. The number of nitrogens with zero attached hydrogens (tertiary/aromatic N) is 1. The number of carbonyl (C=O) groups excluding carboxylic acids is 1. The molecule has 1 heterocycles. The molecule has 1 unspecified atom stereocenters. The first kappa shape index (κ1) is 12.8. The molecule has 3 N–H and O–H groups in total. The Labute approximate surface area is 104 Å². The molecule has 98 valence electrons. The van der Waals surface area contributed by atoms with Crippen LogP contribution in [0.3, 0.4) is 0 Å². The summed E-state index contributed by atoms with van der Waals surface area (Å²) in [7, 11) is 1.87. The monoisotopic (exact) mass is 239 g/mol. The van der Waals surface area contributed by atoms with Gasteiger partial charge in [0.15, 0.2) is 0 Å². The van der Waals surface area contributed by atoms with Crippen molar-refractivity contribution in [2.45, 2.75) is 50.6 Å². The van der Waals surface area contributed by atoms with E-state index < -0.39 is 5.54 Å². The predicted molar refractivity (Wildman–Crippen MR) is 68.6 cm³/mol. The summed E-state index contributed by atoms with van der Waals surface area (Å²) in [6, 6.07) is 0. The molecule has 1 aliphatic carbocycles. The van der Waals surface area contributed by atoms with E-state index in [0.717, 1.165) is 25.9 Å². The Kier molecular flexibility index (Phi) is 3.21. The van der Waals surface area contributed by atoms with E-state index in [9.17, 15) is 4.79 Å². The van der Waals surface area contributed by atoms with Crippen molar-refractivity contribution in [3.63, 3.8) is 0 Å². The molecule has 17 heavy (non-hydrogen) atoms. The molecule has 2 aliphatic rings. The van der Waals surface area contributed by atoms with Crippen LogP contribution in [0.2, 0.25) is 0 Å². The van der Waals surface area contributed by atoms with E-state index in [1.54, 1.807) is 0 Å². The predicted octanol–water partition coefficient (Wildman–Crippen LogP) is 0.714. The average molecular weight is 239 g/mol. The summed E-state index contributed by atoms with van der Waals surface area (Å²) in [5.41, 5.74) is 5.35. The standard InChI is InChI=1S/C13H25N3O/c1-12(2)7-4-8-16(12)9-13(15-3,11(14)17)10-5-6-10/h10,15H,4-9H2,1-3H3,(H2,14,17). The molecule has 2 fully saturated rings. The van der Waals surface area contributed by atoms with Crippen molar-refractivity contribution in [3.05, 3.63) is 0 Å². The second kappa shape index (κ2) is 4.25. The van der Waals surface area contributed by atoms with Crippen molar-refractivity contribution in [2.75, 3.05) is 20.1 Å². The Morgan fingerprint density at radius 1 is 1.53 bits per heavy atom. The molecule has 0 radical (unpaired) electrons. The molecule has 4 heteroatoms. The van der Waals surface area contributed by atoms with Crippen LogP contribution in [0.15, 0.2) is 0 Å². The van der Waals surface area contributed by atoms with Crippen molar-refractivity contribution in [1.82, 2.24) is 10.2 Å². The zero-order valence-corrected chi connectivity index (χ0v) is 11.3. The van der Waals surface area contributed by atoms with Crippen LogP contribution in [-0.4, -0.2) is 42.0 Å². The second-order valence-electron chi connectivity index (χ2n) is 6.20. The number of nitrogens with two attached hydrogens (primary N) is 1. The molecule has 0 aromatic rings. The van der Waals surface area contributed by atoms with Gasteiger partial charge < -0.3 is 11.1 Å². The summed E-state index contributed by atoms with van der Waals surface area (Å²) < 4.78 is 0. The van der Waals surface area contributed by atoms with Gasteiger partial charge in [-0.05, 0) is 59.0 Å². The molecule has 1 atom stereocenters. The highest BCUT2D eigenvalue weighted by molar-refractivity contribution is 5.86. The maximum atomic E-state index is 11.9. The first-order valence-corrected chi connectivity index (χ1v) is 6.66. The average Bonchev–Trinajstić information content (AvgIpc) is 3.02. The third kappa shape index (κ3) is 2.20. The molecular formula is C13H25N3O. The van der Waals surface area contributed by atoms with E-state index in [-0.39, 0.29) is 11.4 Å². The van der Waals surface area contributed by atoms with Gasteiger partial charge in [-0.25, -0.2) is 0 Å². The Morgan fingerprint density at radius 3 is 2.53 bits per heavy atom. The molecule has 2 rings (SSSR count). The minimum atomic E-state index is -0.512. The van der Waals surface area contributed by atoms with Gasteiger partial charge >= 0.3 is 0 Å². The lowest BCUT2D eigenvalue weighted by atomic mass is 9.90. The lowest BCUT2D eigenvalue weighted by Crippen LogP contribution is -2.63. The molecule has 0 bridgehead atoms. The van der Waals surface area contributed by atoms with Crippen LogP contribution in [-0.2, 0) is 4.79 Å². The van der Waals surface area contributed by atoms with Crippen LogP contribution in [0, 0.1) is 5.92 Å². The largest absolute Gasteiger partial charge is 0.368 e.